The molecule has 3 heteroatoms. The number of ether oxygens (including phenoxy) is 1. The largest absolute Gasteiger partial charge is 0.490 e. The van der Waals surface area contributed by atoms with E-state index in [0.717, 1.165) is 31.4 Å². The normalized spacial score (nSPS) is 32.9. The minimum Gasteiger partial charge on any atom is -0.490 e. The van der Waals surface area contributed by atoms with Gasteiger partial charge in [-0.15, -0.1) is 0 Å². The number of fused-ring (bicyclic) bond motifs is 1. The summed E-state index contributed by atoms with van der Waals surface area (Å²) in [6.45, 7) is 2.15. The second-order valence-electron chi connectivity index (χ2n) is 6.19. The van der Waals surface area contributed by atoms with Gasteiger partial charge in [0.25, 0.3) is 0 Å². The fraction of sp³-hybridized carbons (Fsp3) is 0.562. The van der Waals surface area contributed by atoms with Crippen molar-refractivity contribution in [2.24, 2.45) is 11.3 Å². The predicted octanol–water partition coefficient (Wildman–Crippen LogP) is 3.27. The molecule has 1 aromatic rings. The Hall–Kier alpha value is -1.51. The molecular weight excluding hydrogens is 240 g/mol. The van der Waals surface area contributed by atoms with Crippen LogP contribution in [0, 0.1) is 11.3 Å². The molecule has 3 unspecified atom stereocenters. The van der Waals surface area contributed by atoms with Crippen LogP contribution in [0.5, 0.6) is 5.75 Å². The summed E-state index contributed by atoms with van der Waals surface area (Å²) in [5.41, 5.74) is 0.644. The van der Waals surface area contributed by atoms with Crippen LogP contribution in [0.15, 0.2) is 24.3 Å². The maximum Gasteiger partial charge on any atom is 0.309 e. The molecule has 1 aliphatic heterocycles. The van der Waals surface area contributed by atoms with Crippen molar-refractivity contribution in [3.05, 3.63) is 29.8 Å². The number of carboxylic acids is 1. The summed E-state index contributed by atoms with van der Waals surface area (Å²) in [5.74, 6) is 0.801. The summed E-state index contributed by atoms with van der Waals surface area (Å²) in [6, 6.07) is 8.01. The van der Waals surface area contributed by atoms with Crippen LogP contribution in [0.2, 0.25) is 0 Å². The van der Waals surface area contributed by atoms with Crippen LogP contribution in [0.4, 0.5) is 0 Å². The quantitative estimate of drug-likeness (QED) is 0.907. The van der Waals surface area contributed by atoms with Crippen molar-refractivity contribution in [3.63, 3.8) is 0 Å². The van der Waals surface area contributed by atoms with E-state index in [1.807, 2.05) is 18.2 Å². The van der Waals surface area contributed by atoms with E-state index in [-0.39, 0.29) is 6.10 Å². The first-order chi connectivity index (χ1) is 9.09. The zero-order chi connectivity index (χ0) is 13.5. The number of hydrogen-bond donors (Lipinski definition) is 1. The maximum atomic E-state index is 11.7. The maximum absolute atomic E-state index is 11.7. The van der Waals surface area contributed by atoms with Crippen molar-refractivity contribution in [1.82, 2.24) is 0 Å². The smallest absolute Gasteiger partial charge is 0.309 e. The molecule has 1 N–H and O–H groups in total. The van der Waals surface area contributed by atoms with Crippen molar-refractivity contribution in [2.75, 3.05) is 0 Å². The molecule has 1 fully saturated rings. The van der Waals surface area contributed by atoms with Gasteiger partial charge in [-0.3, -0.25) is 4.79 Å². The van der Waals surface area contributed by atoms with E-state index in [1.165, 1.54) is 5.56 Å². The number of rotatable bonds is 3. The number of hydrogen-bond acceptors (Lipinski definition) is 2. The van der Waals surface area contributed by atoms with Crippen LogP contribution in [0.3, 0.4) is 0 Å². The van der Waals surface area contributed by atoms with Gasteiger partial charge in [0.1, 0.15) is 11.9 Å². The van der Waals surface area contributed by atoms with E-state index < -0.39 is 11.4 Å². The van der Waals surface area contributed by atoms with Crippen LogP contribution in [-0.4, -0.2) is 17.2 Å². The van der Waals surface area contributed by atoms with Crippen LogP contribution in [-0.2, 0) is 11.2 Å². The number of carbonyl (C=O) groups is 1. The molecule has 1 aromatic carbocycles. The zero-order valence-corrected chi connectivity index (χ0v) is 11.3. The number of para-hydroxylation sites is 1. The third-order valence-electron chi connectivity index (χ3n) is 4.64. The van der Waals surface area contributed by atoms with Crippen LogP contribution in [0.25, 0.3) is 0 Å². The molecule has 1 aliphatic carbocycles. The first-order valence-corrected chi connectivity index (χ1v) is 7.07. The highest BCUT2D eigenvalue weighted by Crippen LogP contribution is 2.47. The summed E-state index contributed by atoms with van der Waals surface area (Å²) in [7, 11) is 0. The highest BCUT2D eigenvalue weighted by atomic mass is 16.5. The van der Waals surface area contributed by atoms with Gasteiger partial charge in [-0.1, -0.05) is 25.1 Å². The van der Waals surface area contributed by atoms with Gasteiger partial charge in [-0.05, 0) is 36.8 Å². The van der Waals surface area contributed by atoms with Gasteiger partial charge < -0.3 is 9.84 Å². The summed E-state index contributed by atoms with van der Waals surface area (Å²) in [5, 5.41) is 9.60. The molecule has 3 rings (SSSR count). The van der Waals surface area contributed by atoms with Crippen molar-refractivity contribution in [1.29, 1.82) is 0 Å². The second kappa shape index (κ2) is 4.55. The monoisotopic (exact) mass is 260 g/mol. The summed E-state index contributed by atoms with van der Waals surface area (Å²) in [4.78, 5) is 11.7. The van der Waals surface area contributed by atoms with Crippen molar-refractivity contribution < 1.29 is 14.6 Å². The predicted molar refractivity (Wildman–Crippen MR) is 72.3 cm³/mol. The van der Waals surface area contributed by atoms with Gasteiger partial charge in [0, 0.05) is 12.8 Å². The Morgan fingerprint density at radius 3 is 2.89 bits per heavy atom. The average molecular weight is 260 g/mol. The first-order valence-electron chi connectivity index (χ1n) is 7.07. The first kappa shape index (κ1) is 12.5. The highest BCUT2D eigenvalue weighted by molar-refractivity contribution is 5.75. The summed E-state index contributed by atoms with van der Waals surface area (Å²) >= 11 is 0. The lowest BCUT2D eigenvalue weighted by Gasteiger charge is -2.27. The van der Waals surface area contributed by atoms with Gasteiger partial charge in [0.2, 0.25) is 0 Å². The molecular formula is C16H20O3. The third kappa shape index (κ3) is 2.22. The Balaban J connectivity index is 1.74. The van der Waals surface area contributed by atoms with Gasteiger partial charge in [0.15, 0.2) is 0 Å². The third-order valence-corrected chi connectivity index (χ3v) is 4.64. The molecule has 1 heterocycles. The van der Waals surface area contributed by atoms with Crippen LogP contribution >= 0.6 is 0 Å². The lowest BCUT2D eigenvalue weighted by atomic mass is 9.79. The Labute approximate surface area is 113 Å². The van der Waals surface area contributed by atoms with Gasteiger partial charge >= 0.3 is 5.97 Å². The molecule has 0 amide bonds. The van der Waals surface area contributed by atoms with Crippen molar-refractivity contribution in [2.45, 2.75) is 45.1 Å². The average Bonchev–Trinajstić information content (AvgIpc) is 2.93. The lowest BCUT2D eigenvalue weighted by molar-refractivity contribution is -0.150. The lowest BCUT2D eigenvalue weighted by Crippen LogP contribution is -2.34. The number of aliphatic carboxylic acids is 1. The topological polar surface area (TPSA) is 46.5 Å². The molecule has 1 saturated carbocycles. The summed E-state index contributed by atoms with van der Waals surface area (Å²) in [6.07, 6.45) is 4.12. The van der Waals surface area contributed by atoms with Gasteiger partial charge in [-0.2, -0.15) is 0 Å². The van der Waals surface area contributed by atoms with Crippen molar-refractivity contribution in [3.8, 4) is 5.75 Å². The highest BCUT2D eigenvalue weighted by Gasteiger charge is 2.46. The molecule has 102 valence electrons. The Morgan fingerprint density at radius 1 is 1.47 bits per heavy atom. The molecule has 2 aliphatic rings. The second-order valence-corrected chi connectivity index (χ2v) is 6.19. The zero-order valence-electron chi connectivity index (χ0n) is 11.3. The van der Waals surface area contributed by atoms with Gasteiger partial charge in [-0.25, -0.2) is 0 Å². The van der Waals surface area contributed by atoms with E-state index >= 15 is 0 Å². The van der Waals surface area contributed by atoms with Crippen molar-refractivity contribution >= 4 is 5.97 Å². The minimum absolute atomic E-state index is 0.0267. The molecule has 0 aromatic heterocycles. The Kier molecular flexibility index (Phi) is 3.00. The van der Waals surface area contributed by atoms with E-state index in [0.29, 0.717) is 12.3 Å². The molecule has 3 atom stereocenters. The van der Waals surface area contributed by atoms with E-state index in [2.05, 4.69) is 13.0 Å². The fourth-order valence-electron chi connectivity index (χ4n) is 3.66. The van der Waals surface area contributed by atoms with E-state index in [1.54, 1.807) is 0 Å². The minimum atomic E-state index is -0.642. The number of carboxylic acid groups (broad SMARTS) is 1. The Morgan fingerprint density at radius 2 is 2.26 bits per heavy atom. The van der Waals surface area contributed by atoms with Crippen LogP contribution < -0.4 is 4.74 Å². The molecule has 0 spiro atoms. The fourth-order valence-corrected chi connectivity index (χ4v) is 3.66. The molecule has 0 bridgehead atoms. The molecule has 3 nitrogen and oxygen atoms in total. The standard InChI is InChI=1S/C16H20O3/c1-11-6-7-16(9-11,15(17)18)10-13-8-12-4-2-3-5-14(12)19-13/h2-5,11,13H,6-10H2,1H3,(H,17,18). The molecule has 0 radical (unpaired) electrons. The SMILES string of the molecule is CC1CCC(CC2Cc3ccccc3O2)(C(=O)O)C1. The van der Waals surface area contributed by atoms with E-state index in [9.17, 15) is 9.90 Å². The molecule has 0 saturated heterocycles. The number of benzene rings is 1. The van der Waals surface area contributed by atoms with Gasteiger partial charge in [0.05, 0.1) is 5.41 Å². The van der Waals surface area contributed by atoms with Crippen LogP contribution in [0.1, 0.15) is 38.2 Å². The Bertz CT molecular complexity index is 472. The summed E-state index contributed by atoms with van der Waals surface area (Å²) < 4.78 is 5.92. The van der Waals surface area contributed by atoms with E-state index in [4.69, 9.17) is 4.74 Å². The molecule has 19 heavy (non-hydrogen) atoms.